The number of amides is 1. The predicted octanol–water partition coefficient (Wildman–Crippen LogP) is 0.790. The highest BCUT2D eigenvalue weighted by Crippen LogP contribution is 2.36. The number of hydrogen-bond donors (Lipinski definition) is 3. The summed E-state index contributed by atoms with van der Waals surface area (Å²) in [6, 6.07) is 9.38. The molecule has 1 aromatic carbocycles. The minimum absolute atomic E-state index is 0.0130. The van der Waals surface area contributed by atoms with E-state index in [-0.39, 0.29) is 23.8 Å². The number of aliphatic hydroxyl groups excluding tert-OH is 2. The van der Waals surface area contributed by atoms with Crippen molar-refractivity contribution >= 4 is 5.91 Å². The Balaban J connectivity index is 1.79. The Bertz CT molecular complexity index is 458. The van der Waals surface area contributed by atoms with Crippen molar-refractivity contribution in [2.24, 2.45) is 5.92 Å². The molecule has 0 saturated heterocycles. The third kappa shape index (κ3) is 2.51. The normalized spacial score (nSPS) is 34.2. The fourth-order valence-corrected chi connectivity index (χ4v) is 2.88. The zero-order valence-corrected chi connectivity index (χ0v) is 10.7. The number of hydrogen-bond acceptors (Lipinski definition) is 3. The minimum atomic E-state index is -0.882. The van der Waals surface area contributed by atoms with Crippen LogP contribution in [0.3, 0.4) is 0 Å². The molecule has 0 heterocycles. The zero-order valence-electron chi connectivity index (χ0n) is 10.7. The molecule has 3 N–H and O–H groups in total. The van der Waals surface area contributed by atoms with Crippen LogP contribution < -0.4 is 5.32 Å². The van der Waals surface area contributed by atoms with Gasteiger partial charge < -0.3 is 15.5 Å². The molecule has 1 aromatic rings. The van der Waals surface area contributed by atoms with Crippen LogP contribution in [0.5, 0.6) is 0 Å². The average Bonchev–Trinajstić information content (AvgIpc) is 3.23. The molecule has 4 atom stereocenters. The smallest absolute Gasteiger partial charge is 0.223 e. The Morgan fingerprint density at radius 2 is 1.84 bits per heavy atom. The monoisotopic (exact) mass is 261 g/mol. The van der Waals surface area contributed by atoms with Gasteiger partial charge in [-0.05, 0) is 24.8 Å². The molecule has 2 fully saturated rings. The summed E-state index contributed by atoms with van der Waals surface area (Å²) in [6.07, 6.45) is 0.712. The maximum Gasteiger partial charge on any atom is 0.223 e. The summed E-state index contributed by atoms with van der Waals surface area (Å²) >= 11 is 0. The van der Waals surface area contributed by atoms with Crippen LogP contribution in [0.15, 0.2) is 30.3 Å². The molecule has 2 aliphatic rings. The maximum absolute atomic E-state index is 11.9. The van der Waals surface area contributed by atoms with Gasteiger partial charge in [0.25, 0.3) is 0 Å². The lowest BCUT2D eigenvalue weighted by molar-refractivity contribution is -0.124. The first kappa shape index (κ1) is 12.6. The molecular formula is C15H19NO3. The van der Waals surface area contributed by atoms with Gasteiger partial charge in [0.15, 0.2) is 0 Å². The average molecular weight is 261 g/mol. The molecular weight excluding hydrogens is 242 g/mol. The van der Waals surface area contributed by atoms with E-state index in [0.717, 1.165) is 18.4 Å². The summed E-state index contributed by atoms with van der Waals surface area (Å²) in [7, 11) is 0. The van der Waals surface area contributed by atoms with Crippen molar-refractivity contribution in [3.63, 3.8) is 0 Å². The number of rotatable bonds is 3. The fraction of sp³-hybridized carbons (Fsp3) is 0.533. The number of carbonyl (C=O) groups excluding carboxylic acids is 1. The Morgan fingerprint density at radius 1 is 1.16 bits per heavy atom. The molecule has 0 aromatic heterocycles. The Labute approximate surface area is 112 Å². The molecule has 0 aliphatic heterocycles. The molecule has 1 amide bonds. The second kappa shape index (κ2) is 4.94. The van der Waals surface area contributed by atoms with Crippen molar-refractivity contribution < 1.29 is 15.0 Å². The quantitative estimate of drug-likeness (QED) is 0.753. The Hall–Kier alpha value is -1.39. The summed E-state index contributed by atoms with van der Waals surface area (Å²) < 4.78 is 0. The lowest BCUT2D eigenvalue weighted by Gasteiger charge is -2.23. The van der Waals surface area contributed by atoms with Crippen LogP contribution in [-0.2, 0) is 4.79 Å². The first-order valence-corrected chi connectivity index (χ1v) is 6.88. The van der Waals surface area contributed by atoms with Crippen LogP contribution >= 0.6 is 0 Å². The van der Waals surface area contributed by atoms with Crippen molar-refractivity contribution in [1.29, 1.82) is 0 Å². The molecule has 4 nitrogen and oxygen atoms in total. The minimum Gasteiger partial charge on any atom is -0.390 e. The van der Waals surface area contributed by atoms with E-state index in [2.05, 4.69) is 5.32 Å². The highest BCUT2D eigenvalue weighted by molar-refractivity contribution is 5.81. The highest BCUT2D eigenvalue weighted by atomic mass is 16.3. The van der Waals surface area contributed by atoms with E-state index in [1.54, 1.807) is 0 Å². The molecule has 0 radical (unpaired) electrons. The van der Waals surface area contributed by atoms with Crippen LogP contribution in [0.2, 0.25) is 0 Å². The topological polar surface area (TPSA) is 69.6 Å². The van der Waals surface area contributed by atoms with Gasteiger partial charge in [-0.1, -0.05) is 30.3 Å². The molecule has 2 aliphatic carbocycles. The van der Waals surface area contributed by atoms with E-state index < -0.39 is 12.2 Å². The lowest BCUT2D eigenvalue weighted by atomic mass is 9.93. The van der Waals surface area contributed by atoms with E-state index in [1.807, 2.05) is 30.3 Å². The molecule has 102 valence electrons. The van der Waals surface area contributed by atoms with E-state index >= 15 is 0 Å². The summed E-state index contributed by atoms with van der Waals surface area (Å²) in [4.78, 5) is 11.9. The molecule has 0 unspecified atom stereocenters. The largest absolute Gasteiger partial charge is 0.390 e. The van der Waals surface area contributed by atoms with Crippen LogP contribution in [0, 0.1) is 5.92 Å². The van der Waals surface area contributed by atoms with Gasteiger partial charge in [-0.2, -0.15) is 0 Å². The maximum atomic E-state index is 11.9. The van der Waals surface area contributed by atoms with Gasteiger partial charge in [0.2, 0.25) is 5.91 Å². The predicted molar refractivity (Wildman–Crippen MR) is 70.5 cm³/mol. The zero-order chi connectivity index (χ0) is 13.4. The van der Waals surface area contributed by atoms with E-state index in [1.165, 1.54) is 0 Å². The molecule has 0 bridgehead atoms. The molecule has 3 rings (SSSR count). The summed E-state index contributed by atoms with van der Waals surface area (Å²) in [6.45, 7) is 0. The van der Waals surface area contributed by atoms with Crippen molar-refractivity contribution in [3.05, 3.63) is 35.9 Å². The number of aliphatic hydroxyl groups is 2. The summed E-state index contributed by atoms with van der Waals surface area (Å²) in [5, 5.41) is 22.9. The van der Waals surface area contributed by atoms with Gasteiger partial charge >= 0.3 is 0 Å². The van der Waals surface area contributed by atoms with Crippen molar-refractivity contribution in [2.45, 2.75) is 43.4 Å². The first-order valence-electron chi connectivity index (χ1n) is 6.88. The van der Waals surface area contributed by atoms with Crippen LogP contribution in [0.25, 0.3) is 0 Å². The van der Waals surface area contributed by atoms with Crippen LogP contribution in [0.4, 0.5) is 0 Å². The summed E-state index contributed by atoms with van der Waals surface area (Å²) in [5.74, 6) is 0.106. The van der Waals surface area contributed by atoms with Gasteiger partial charge in [0, 0.05) is 11.8 Å². The standard InChI is InChI=1S/C15H19NO3/c17-12-8-11(9-4-2-1-3-5-9)13(14(12)18)16-15(19)10-6-7-10/h1-5,10-14,17-18H,6-8H2,(H,16,19)/t11-,12-,13-,14-/m1/s1. The molecule has 2 saturated carbocycles. The van der Waals surface area contributed by atoms with Crippen LogP contribution in [-0.4, -0.2) is 34.4 Å². The van der Waals surface area contributed by atoms with E-state index in [0.29, 0.717) is 6.42 Å². The van der Waals surface area contributed by atoms with Crippen molar-refractivity contribution in [3.8, 4) is 0 Å². The van der Waals surface area contributed by atoms with Crippen molar-refractivity contribution in [2.75, 3.05) is 0 Å². The van der Waals surface area contributed by atoms with Crippen molar-refractivity contribution in [1.82, 2.24) is 5.32 Å². The highest BCUT2D eigenvalue weighted by Gasteiger charge is 2.44. The third-order valence-corrected chi connectivity index (χ3v) is 4.18. The molecule has 0 spiro atoms. The van der Waals surface area contributed by atoms with E-state index in [4.69, 9.17) is 0 Å². The number of benzene rings is 1. The molecule has 4 heteroatoms. The SMILES string of the molecule is O=C(N[C@H]1[C@H](O)[C@H](O)C[C@@H]1c1ccccc1)C1CC1. The second-order valence-corrected chi connectivity index (χ2v) is 5.62. The van der Waals surface area contributed by atoms with Gasteiger partial charge in [-0.3, -0.25) is 4.79 Å². The molecule has 19 heavy (non-hydrogen) atoms. The lowest BCUT2D eigenvalue weighted by Crippen LogP contribution is -2.45. The van der Waals surface area contributed by atoms with E-state index in [9.17, 15) is 15.0 Å². The fourth-order valence-electron chi connectivity index (χ4n) is 2.88. The van der Waals surface area contributed by atoms with Gasteiger partial charge in [0.1, 0.15) is 6.10 Å². The first-order chi connectivity index (χ1) is 9.16. The number of carbonyl (C=O) groups is 1. The Kier molecular flexibility index (Phi) is 3.29. The van der Waals surface area contributed by atoms with Gasteiger partial charge in [-0.15, -0.1) is 0 Å². The second-order valence-electron chi connectivity index (χ2n) is 5.62. The van der Waals surface area contributed by atoms with Crippen LogP contribution in [0.1, 0.15) is 30.7 Å². The van der Waals surface area contributed by atoms with Gasteiger partial charge in [0.05, 0.1) is 12.1 Å². The Morgan fingerprint density at radius 3 is 2.47 bits per heavy atom. The van der Waals surface area contributed by atoms with Gasteiger partial charge in [-0.25, -0.2) is 0 Å². The number of nitrogens with one attached hydrogen (secondary N) is 1. The summed E-state index contributed by atoms with van der Waals surface area (Å²) in [5.41, 5.74) is 1.05. The third-order valence-electron chi connectivity index (χ3n) is 4.18.